The summed E-state index contributed by atoms with van der Waals surface area (Å²) in [5, 5.41) is 0. The number of hydrogen-bond acceptors (Lipinski definition) is 2. The molecule has 0 amide bonds. The number of rotatable bonds is 0. The lowest BCUT2D eigenvalue weighted by Gasteiger charge is -2.23. The summed E-state index contributed by atoms with van der Waals surface area (Å²) in [6.07, 6.45) is 3.11. The van der Waals surface area contributed by atoms with Crippen molar-refractivity contribution in [2.75, 3.05) is 0 Å². The van der Waals surface area contributed by atoms with E-state index in [0.717, 1.165) is 0 Å². The first-order valence-electron chi connectivity index (χ1n) is 4.46. The van der Waals surface area contributed by atoms with Gasteiger partial charge in [0.25, 0.3) is 0 Å². The van der Waals surface area contributed by atoms with E-state index in [0.29, 0.717) is 18.1 Å². The van der Waals surface area contributed by atoms with Crippen molar-refractivity contribution in [1.82, 2.24) is 0 Å². The Morgan fingerprint density at radius 1 is 1.09 bits per heavy atom. The van der Waals surface area contributed by atoms with Crippen LogP contribution in [-0.2, 0) is 9.47 Å². The van der Waals surface area contributed by atoms with Gasteiger partial charge in [-0.05, 0) is 33.6 Å². The molecule has 0 aromatic rings. The summed E-state index contributed by atoms with van der Waals surface area (Å²) >= 11 is 0. The Morgan fingerprint density at radius 3 is 1.91 bits per heavy atom. The van der Waals surface area contributed by atoms with Gasteiger partial charge in [0.05, 0.1) is 12.2 Å². The Kier molecular flexibility index (Phi) is 1.52. The maximum Gasteiger partial charge on any atom is 0.169 e. The molecule has 2 saturated heterocycles. The van der Waals surface area contributed by atoms with E-state index in [1.165, 1.54) is 12.8 Å². The SMILES string of the molecule is C[C@@H]1CC2C[C@H](C)OC2(C)O1. The maximum atomic E-state index is 5.72. The Hall–Kier alpha value is -0.0800. The zero-order chi connectivity index (χ0) is 8.06. The minimum Gasteiger partial charge on any atom is -0.347 e. The fraction of sp³-hybridized carbons (Fsp3) is 1.00. The van der Waals surface area contributed by atoms with Crippen LogP contribution in [0.1, 0.15) is 33.6 Å². The summed E-state index contributed by atoms with van der Waals surface area (Å²) in [6.45, 7) is 6.32. The highest BCUT2D eigenvalue weighted by Crippen LogP contribution is 2.45. The van der Waals surface area contributed by atoms with Gasteiger partial charge in [0, 0.05) is 5.92 Å². The summed E-state index contributed by atoms with van der Waals surface area (Å²) in [6, 6.07) is 0. The average molecular weight is 156 g/mol. The van der Waals surface area contributed by atoms with Crippen molar-refractivity contribution in [2.24, 2.45) is 5.92 Å². The van der Waals surface area contributed by atoms with Crippen LogP contribution in [0.15, 0.2) is 0 Å². The second kappa shape index (κ2) is 2.20. The second-order valence-electron chi connectivity index (χ2n) is 4.04. The molecule has 0 aliphatic carbocycles. The lowest BCUT2D eigenvalue weighted by Crippen LogP contribution is -2.29. The van der Waals surface area contributed by atoms with Gasteiger partial charge >= 0.3 is 0 Å². The lowest BCUT2D eigenvalue weighted by atomic mass is 9.95. The van der Waals surface area contributed by atoms with Crippen LogP contribution < -0.4 is 0 Å². The molecule has 0 saturated carbocycles. The Bertz CT molecular complexity index is 153. The van der Waals surface area contributed by atoms with Crippen LogP contribution in [0.4, 0.5) is 0 Å². The summed E-state index contributed by atoms with van der Waals surface area (Å²) in [5.41, 5.74) is 0. The van der Waals surface area contributed by atoms with Gasteiger partial charge in [-0.25, -0.2) is 0 Å². The van der Waals surface area contributed by atoms with E-state index in [-0.39, 0.29) is 5.79 Å². The Labute approximate surface area is 67.9 Å². The van der Waals surface area contributed by atoms with E-state index in [1.807, 2.05) is 0 Å². The monoisotopic (exact) mass is 156 g/mol. The Balaban J connectivity index is 2.13. The summed E-state index contributed by atoms with van der Waals surface area (Å²) in [5.74, 6) is 0.381. The molecule has 2 fully saturated rings. The van der Waals surface area contributed by atoms with E-state index in [1.54, 1.807) is 0 Å². The smallest absolute Gasteiger partial charge is 0.169 e. The van der Waals surface area contributed by atoms with E-state index in [4.69, 9.17) is 9.47 Å². The van der Waals surface area contributed by atoms with Gasteiger partial charge in [0.2, 0.25) is 0 Å². The predicted octanol–water partition coefficient (Wildman–Crippen LogP) is 1.94. The molecule has 4 atom stereocenters. The molecular weight excluding hydrogens is 140 g/mol. The molecule has 0 radical (unpaired) electrons. The summed E-state index contributed by atoms with van der Waals surface area (Å²) < 4.78 is 11.4. The van der Waals surface area contributed by atoms with Gasteiger partial charge in [0.1, 0.15) is 0 Å². The normalized spacial score (nSPS) is 56.5. The van der Waals surface area contributed by atoms with Crippen molar-refractivity contribution in [1.29, 1.82) is 0 Å². The molecule has 0 bridgehead atoms. The first-order valence-corrected chi connectivity index (χ1v) is 4.46. The summed E-state index contributed by atoms with van der Waals surface area (Å²) in [7, 11) is 0. The molecule has 2 heteroatoms. The van der Waals surface area contributed by atoms with Crippen LogP contribution in [0.3, 0.4) is 0 Å². The molecule has 11 heavy (non-hydrogen) atoms. The molecule has 64 valence electrons. The number of ether oxygens (including phenoxy) is 2. The third-order valence-corrected chi connectivity index (χ3v) is 2.84. The average Bonchev–Trinajstić information content (AvgIpc) is 2.16. The highest BCUT2D eigenvalue weighted by molar-refractivity contribution is 4.91. The van der Waals surface area contributed by atoms with Gasteiger partial charge in [-0.2, -0.15) is 0 Å². The molecule has 2 heterocycles. The van der Waals surface area contributed by atoms with Crippen LogP contribution in [0, 0.1) is 5.92 Å². The third kappa shape index (κ3) is 1.09. The van der Waals surface area contributed by atoms with Crippen molar-refractivity contribution in [3.8, 4) is 0 Å². The van der Waals surface area contributed by atoms with Gasteiger partial charge in [0.15, 0.2) is 5.79 Å². The van der Waals surface area contributed by atoms with Crippen LogP contribution >= 0.6 is 0 Å². The minimum atomic E-state index is -0.251. The van der Waals surface area contributed by atoms with Crippen molar-refractivity contribution in [2.45, 2.75) is 51.6 Å². The van der Waals surface area contributed by atoms with Crippen LogP contribution in [0.5, 0.6) is 0 Å². The predicted molar refractivity (Wildman–Crippen MR) is 42.2 cm³/mol. The molecule has 2 nitrogen and oxygen atoms in total. The van der Waals surface area contributed by atoms with Crippen molar-refractivity contribution < 1.29 is 9.47 Å². The molecule has 2 unspecified atom stereocenters. The highest BCUT2D eigenvalue weighted by atomic mass is 16.7. The molecule has 0 aromatic heterocycles. The third-order valence-electron chi connectivity index (χ3n) is 2.84. The lowest BCUT2D eigenvalue weighted by molar-refractivity contribution is -0.212. The fourth-order valence-corrected chi connectivity index (χ4v) is 2.44. The topological polar surface area (TPSA) is 18.5 Å². The van der Waals surface area contributed by atoms with E-state index in [2.05, 4.69) is 20.8 Å². The van der Waals surface area contributed by atoms with Crippen LogP contribution in [0.25, 0.3) is 0 Å². The standard InChI is InChI=1S/C9H16O2/c1-6-4-8-5-7(2)11-9(8,3)10-6/h6-8H,4-5H2,1-3H3/t6-,7+,8?,9?. The van der Waals surface area contributed by atoms with E-state index < -0.39 is 0 Å². The number of fused-ring (bicyclic) bond motifs is 1. The molecule has 0 aromatic carbocycles. The van der Waals surface area contributed by atoms with Crippen molar-refractivity contribution in [3.63, 3.8) is 0 Å². The quantitative estimate of drug-likeness (QED) is 0.533. The zero-order valence-electron chi connectivity index (χ0n) is 7.46. The number of hydrogen-bond donors (Lipinski definition) is 0. The zero-order valence-corrected chi connectivity index (χ0v) is 7.46. The minimum absolute atomic E-state index is 0.251. The first kappa shape index (κ1) is 7.56. The van der Waals surface area contributed by atoms with E-state index in [9.17, 15) is 0 Å². The van der Waals surface area contributed by atoms with Gasteiger partial charge < -0.3 is 9.47 Å². The van der Waals surface area contributed by atoms with Crippen molar-refractivity contribution in [3.05, 3.63) is 0 Å². The van der Waals surface area contributed by atoms with Gasteiger partial charge in [-0.15, -0.1) is 0 Å². The molecule has 2 aliphatic heterocycles. The van der Waals surface area contributed by atoms with Crippen LogP contribution in [0.2, 0.25) is 0 Å². The molecular formula is C9H16O2. The maximum absolute atomic E-state index is 5.72. The molecule has 0 N–H and O–H groups in total. The van der Waals surface area contributed by atoms with Crippen molar-refractivity contribution >= 4 is 0 Å². The van der Waals surface area contributed by atoms with Gasteiger partial charge in [-0.1, -0.05) is 0 Å². The van der Waals surface area contributed by atoms with E-state index >= 15 is 0 Å². The van der Waals surface area contributed by atoms with Gasteiger partial charge in [-0.3, -0.25) is 0 Å². The first-order chi connectivity index (χ1) is 5.10. The molecule has 0 spiro atoms. The summed E-state index contributed by atoms with van der Waals surface area (Å²) in [4.78, 5) is 0. The highest BCUT2D eigenvalue weighted by Gasteiger charge is 2.50. The largest absolute Gasteiger partial charge is 0.347 e. The van der Waals surface area contributed by atoms with Crippen LogP contribution in [-0.4, -0.2) is 18.0 Å². The fourth-order valence-electron chi connectivity index (χ4n) is 2.44. The second-order valence-corrected chi connectivity index (χ2v) is 4.04. The Morgan fingerprint density at radius 2 is 1.55 bits per heavy atom. The molecule has 2 aliphatic rings. The molecule has 2 rings (SSSR count).